The lowest BCUT2D eigenvalue weighted by molar-refractivity contribution is 0.249. The molecule has 0 spiro atoms. The highest BCUT2D eigenvalue weighted by molar-refractivity contribution is 5.89. The summed E-state index contributed by atoms with van der Waals surface area (Å²) in [6, 6.07) is 22.9. The van der Waals surface area contributed by atoms with Crippen molar-refractivity contribution in [2.24, 2.45) is 11.8 Å². The Kier molecular flexibility index (Phi) is 8.21. The maximum Gasteiger partial charge on any atom is -0.0177 e. The van der Waals surface area contributed by atoms with Crippen molar-refractivity contribution in [2.45, 2.75) is 78.1 Å². The summed E-state index contributed by atoms with van der Waals surface area (Å²) in [5.41, 5.74) is 5.39. The Labute approximate surface area is 195 Å². The van der Waals surface area contributed by atoms with Crippen LogP contribution in [0.4, 0.5) is 0 Å². The number of allylic oxidation sites excluding steroid dienone is 1. The van der Waals surface area contributed by atoms with Gasteiger partial charge in [0.15, 0.2) is 0 Å². The van der Waals surface area contributed by atoms with Gasteiger partial charge in [-0.3, -0.25) is 0 Å². The van der Waals surface area contributed by atoms with Gasteiger partial charge in [-0.05, 0) is 76.8 Å². The van der Waals surface area contributed by atoms with E-state index >= 15 is 0 Å². The summed E-state index contributed by atoms with van der Waals surface area (Å²) in [7, 11) is 0. The maximum atomic E-state index is 2.35. The zero-order valence-corrected chi connectivity index (χ0v) is 20.2. The van der Waals surface area contributed by atoms with E-state index in [9.17, 15) is 0 Å². The van der Waals surface area contributed by atoms with E-state index in [1.165, 1.54) is 97.2 Å². The van der Waals surface area contributed by atoms with Crippen molar-refractivity contribution in [3.05, 3.63) is 77.9 Å². The molecule has 1 fully saturated rings. The second-order valence-corrected chi connectivity index (χ2v) is 9.94. The van der Waals surface area contributed by atoms with Gasteiger partial charge in [-0.2, -0.15) is 0 Å². The largest absolute Gasteiger partial charge is 0.0871 e. The Balaban J connectivity index is 1.30. The molecule has 168 valence electrons. The molecule has 0 saturated heterocycles. The van der Waals surface area contributed by atoms with Crippen LogP contribution in [0.2, 0.25) is 0 Å². The van der Waals surface area contributed by atoms with Crippen LogP contribution in [-0.4, -0.2) is 0 Å². The second kappa shape index (κ2) is 11.5. The van der Waals surface area contributed by atoms with E-state index in [1.54, 1.807) is 0 Å². The molecule has 32 heavy (non-hydrogen) atoms. The molecule has 0 aliphatic heterocycles. The molecule has 3 aromatic rings. The number of hydrogen-bond acceptors (Lipinski definition) is 0. The minimum absolute atomic E-state index is 0.949. The molecule has 0 aromatic heterocycles. The van der Waals surface area contributed by atoms with Crippen molar-refractivity contribution in [2.75, 3.05) is 0 Å². The predicted octanol–water partition coefficient (Wildman–Crippen LogP) is 9.86. The van der Waals surface area contributed by atoms with Gasteiger partial charge in [-0.15, -0.1) is 0 Å². The number of unbranched alkanes of at least 4 members (excludes halogenated alkanes) is 2. The van der Waals surface area contributed by atoms with Gasteiger partial charge in [0.2, 0.25) is 0 Å². The zero-order chi connectivity index (χ0) is 22.2. The first-order valence-electron chi connectivity index (χ1n) is 13.0. The van der Waals surface area contributed by atoms with Crippen LogP contribution in [0.25, 0.3) is 28.0 Å². The number of aryl methyl sites for hydroxylation is 1. The lowest BCUT2D eigenvalue weighted by atomic mass is 9.78. The first-order chi connectivity index (χ1) is 15.7. The summed E-state index contributed by atoms with van der Waals surface area (Å²) in [5, 5.41) is 2.62. The van der Waals surface area contributed by atoms with Crippen molar-refractivity contribution in [1.82, 2.24) is 0 Å². The van der Waals surface area contributed by atoms with Crippen LogP contribution < -0.4 is 0 Å². The zero-order valence-electron chi connectivity index (χ0n) is 20.2. The molecule has 0 radical (unpaired) electrons. The fourth-order valence-corrected chi connectivity index (χ4v) is 5.47. The molecule has 0 atom stereocenters. The Morgan fingerprint density at radius 3 is 2.09 bits per heavy atom. The lowest BCUT2D eigenvalue weighted by Gasteiger charge is -2.28. The molecule has 3 aromatic carbocycles. The summed E-state index contributed by atoms with van der Waals surface area (Å²) < 4.78 is 0. The van der Waals surface area contributed by atoms with E-state index in [-0.39, 0.29) is 0 Å². The molecule has 0 amide bonds. The van der Waals surface area contributed by atoms with E-state index in [2.05, 4.69) is 86.7 Å². The monoisotopic (exact) mass is 424 g/mol. The third kappa shape index (κ3) is 6.12. The van der Waals surface area contributed by atoms with E-state index in [0.29, 0.717) is 0 Å². The molecule has 1 aliphatic rings. The fourth-order valence-electron chi connectivity index (χ4n) is 5.47. The first-order valence-corrected chi connectivity index (χ1v) is 13.0. The fraction of sp³-hybridized carbons (Fsp3) is 0.438. The topological polar surface area (TPSA) is 0 Å². The summed E-state index contributed by atoms with van der Waals surface area (Å²) >= 11 is 0. The van der Waals surface area contributed by atoms with Gasteiger partial charge in [0, 0.05) is 0 Å². The molecule has 0 heterocycles. The van der Waals surface area contributed by atoms with Crippen molar-refractivity contribution < 1.29 is 0 Å². The van der Waals surface area contributed by atoms with Crippen molar-refractivity contribution in [1.29, 1.82) is 0 Å². The Hall–Kier alpha value is -2.34. The van der Waals surface area contributed by atoms with Crippen LogP contribution in [0.1, 0.15) is 82.8 Å². The van der Waals surface area contributed by atoms with Crippen LogP contribution in [0.5, 0.6) is 0 Å². The van der Waals surface area contributed by atoms with Crippen LogP contribution in [0.3, 0.4) is 0 Å². The van der Waals surface area contributed by atoms with E-state index in [4.69, 9.17) is 0 Å². The van der Waals surface area contributed by atoms with Crippen LogP contribution in [0, 0.1) is 11.8 Å². The SMILES string of the molecule is C/C=C/c1ccc2cc(-c3ccc(CCC4CCC(CCCCC)CC4)cc3)ccc2c1. The Bertz CT molecular complexity index is 1000. The van der Waals surface area contributed by atoms with Crippen molar-refractivity contribution in [3.8, 4) is 11.1 Å². The highest BCUT2D eigenvalue weighted by atomic mass is 14.3. The second-order valence-electron chi connectivity index (χ2n) is 9.94. The molecule has 4 rings (SSSR count). The van der Waals surface area contributed by atoms with Gasteiger partial charge in [-0.25, -0.2) is 0 Å². The maximum absolute atomic E-state index is 2.35. The van der Waals surface area contributed by atoms with Crippen LogP contribution in [-0.2, 0) is 6.42 Å². The van der Waals surface area contributed by atoms with Crippen molar-refractivity contribution in [3.63, 3.8) is 0 Å². The quantitative estimate of drug-likeness (QED) is 0.300. The molecule has 0 nitrogen and oxygen atoms in total. The van der Waals surface area contributed by atoms with Crippen LogP contribution in [0.15, 0.2) is 66.7 Å². The van der Waals surface area contributed by atoms with Gasteiger partial charge in [0.05, 0.1) is 0 Å². The van der Waals surface area contributed by atoms with E-state index in [0.717, 1.165) is 11.8 Å². The van der Waals surface area contributed by atoms with E-state index < -0.39 is 0 Å². The summed E-state index contributed by atoms with van der Waals surface area (Å²) in [6.07, 6.45) is 18.4. The molecular weight excluding hydrogens is 384 g/mol. The van der Waals surface area contributed by atoms with Gasteiger partial charge < -0.3 is 0 Å². The highest BCUT2D eigenvalue weighted by Gasteiger charge is 2.20. The number of rotatable bonds is 9. The minimum atomic E-state index is 0.949. The Morgan fingerprint density at radius 2 is 1.38 bits per heavy atom. The molecule has 0 heteroatoms. The standard InChI is InChI=1S/C32H40/c1-3-5-6-8-25-9-11-26(12-10-25)13-14-27-15-18-29(19-16-27)31-22-21-30-23-28(7-4-2)17-20-32(30)24-31/h4,7,15-26H,3,5-6,8-14H2,1-2H3/b7-4+. The van der Waals surface area contributed by atoms with Gasteiger partial charge in [0.1, 0.15) is 0 Å². The molecule has 0 bridgehead atoms. The normalized spacial score (nSPS) is 19.1. The molecule has 0 N–H and O–H groups in total. The summed E-state index contributed by atoms with van der Waals surface area (Å²) in [6.45, 7) is 4.38. The molecule has 0 unspecified atom stereocenters. The smallest absolute Gasteiger partial charge is 0.0177 e. The predicted molar refractivity (Wildman–Crippen MR) is 142 cm³/mol. The lowest BCUT2D eigenvalue weighted by Crippen LogP contribution is -2.15. The molecule has 1 aliphatic carbocycles. The number of fused-ring (bicyclic) bond motifs is 1. The summed E-state index contributed by atoms with van der Waals surface area (Å²) in [5.74, 6) is 1.97. The molecule has 1 saturated carbocycles. The summed E-state index contributed by atoms with van der Waals surface area (Å²) in [4.78, 5) is 0. The number of benzene rings is 3. The third-order valence-corrected chi connectivity index (χ3v) is 7.53. The average molecular weight is 425 g/mol. The average Bonchev–Trinajstić information content (AvgIpc) is 2.84. The third-order valence-electron chi connectivity index (χ3n) is 7.53. The highest BCUT2D eigenvalue weighted by Crippen LogP contribution is 2.34. The first kappa shape index (κ1) is 22.8. The van der Waals surface area contributed by atoms with Gasteiger partial charge in [-0.1, -0.05) is 119 Å². The van der Waals surface area contributed by atoms with E-state index in [1.807, 2.05) is 0 Å². The molecular formula is C32H40. The Morgan fingerprint density at radius 1 is 0.719 bits per heavy atom. The number of hydrogen-bond donors (Lipinski definition) is 0. The van der Waals surface area contributed by atoms with Gasteiger partial charge >= 0.3 is 0 Å². The van der Waals surface area contributed by atoms with Crippen molar-refractivity contribution >= 4 is 16.8 Å². The van der Waals surface area contributed by atoms with Crippen LogP contribution >= 0.6 is 0 Å². The minimum Gasteiger partial charge on any atom is -0.0871 e. The van der Waals surface area contributed by atoms with Gasteiger partial charge in [0.25, 0.3) is 0 Å².